The van der Waals surface area contributed by atoms with Gasteiger partial charge in [-0.2, -0.15) is 0 Å². The van der Waals surface area contributed by atoms with Crippen molar-refractivity contribution in [1.82, 2.24) is 5.32 Å². The highest BCUT2D eigenvalue weighted by atomic mass is 32.2. The fraction of sp³-hybridized carbons (Fsp3) is 0.400. The van der Waals surface area contributed by atoms with Gasteiger partial charge in [0.05, 0.1) is 5.37 Å². The quantitative estimate of drug-likeness (QED) is 0.870. The van der Waals surface area contributed by atoms with Crippen molar-refractivity contribution >= 4 is 11.8 Å². The summed E-state index contributed by atoms with van der Waals surface area (Å²) in [5, 5.41) is 3.42. The molecule has 0 aliphatic carbocycles. The summed E-state index contributed by atoms with van der Waals surface area (Å²) in [5.41, 5.74) is 0.969. The smallest absolute Gasteiger partial charge is 0.406 e. The van der Waals surface area contributed by atoms with Crippen LogP contribution in [0, 0.1) is 0 Å². The molecular weight excluding hydrogens is 239 g/mol. The third-order valence-electron chi connectivity index (χ3n) is 2.13. The van der Waals surface area contributed by atoms with Crippen LogP contribution in [0.25, 0.3) is 0 Å². The topological polar surface area (TPSA) is 21.3 Å². The third kappa shape index (κ3) is 3.05. The third-order valence-corrected chi connectivity index (χ3v) is 3.34. The van der Waals surface area contributed by atoms with Gasteiger partial charge in [0.2, 0.25) is 0 Å². The minimum Gasteiger partial charge on any atom is -0.406 e. The van der Waals surface area contributed by atoms with Gasteiger partial charge in [-0.25, -0.2) is 0 Å². The number of alkyl halides is 3. The zero-order valence-corrected chi connectivity index (χ0v) is 9.07. The Morgan fingerprint density at radius 2 is 1.94 bits per heavy atom. The zero-order valence-electron chi connectivity index (χ0n) is 8.25. The highest BCUT2D eigenvalue weighted by Crippen LogP contribution is 2.31. The molecule has 1 fully saturated rings. The molecule has 1 saturated heterocycles. The molecule has 0 saturated carbocycles. The number of hydrogen-bond acceptors (Lipinski definition) is 3. The minimum absolute atomic E-state index is 0.180. The summed E-state index contributed by atoms with van der Waals surface area (Å²) in [7, 11) is 0. The Kier molecular flexibility index (Phi) is 3.30. The van der Waals surface area contributed by atoms with Crippen LogP contribution in [-0.2, 0) is 0 Å². The Bertz CT molecular complexity index is 346. The molecule has 0 radical (unpaired) electrons. The van der Waals surface area contributed by atoms with E-state index in [-0.39, 0.29) is 11.1 Å². The van der Waals surface area contributed by atoms with Gasteiger partial charge >= 0.3 is 6.36 Å². The van der Waals surface area contributed by atoms with Crippen LogP contribution >= 0.6 is 11.8 Å². The first-order valence-electron chi connectivity index (χ1n) is 4.75. The fourth-order valence-corrected chi connectivity index (χ4v) is 2.54. The van der Waals surface area contributed by atoms with Gasteiger partial charge in [0.1, 0.15) is 5.75 Å². The number of hydrogen-bond donors (Lipinski definition) is 1. The van der Waals surface area contributed by atoms with E-state index in [0.29, 0.717) is 0 Å². The van der Waals surface area contributed by atoms with E-state index in [9.17, 15) is 13.2 Å². The predicted molar refractivity (Wildman–Crippen MR) is 56.3 cm³/mol. The van der Waals surface area contributed by atoms with Crippen LogP contribution in [0.3, 0.4) is 0 Å². The Labute approximate surface area is 95.2 Å². The second-order valence-corrected chi connectivity index (χ2v) is 4.53. The monoisotopic (exact) mass is 249 g/mol. The lowest BCUT2D eigenvalue weighted by Crippen LogP contribution is -2.17. The number of ether oxygens (including phenoxy) is 1. The second kappa shape index (κ2) is 4.55. The minimum atomic E-state index is -4.62. The van der Waals surface area contributed by atoms with Crippen LogP contribution in [0.2, 0.25) is 0 Å². The van der Waals surface area contributed by atoms with E-state index >= 15 is 0 Å². The molecule has 2 nitrogen and oxygen atoms in total. The normalized spacial score (nSPS) is 21.1. The summed E-state index contributed by atoms with van der Waals surface area (Å²) in [6.07, 6.45) is -4.62. The van der Waals surface area contributed by atoms with Crippen molar-refractivity contribution in [3.63, 3.8) is 0 Å². The molecule has 88 valence electrons. The van der Waals surface area contributed by atoms with Crippen molar-refractivity contribution in [2.75, 3.05) is 12.3 Å². The maximum Gasteiger partial charge on any atom is 0.573 e. The second-order valence-electron chi connectivity index (χ2n) is 3.32. The summed E-state index contributed by atoms with van der Waals surface area (Å²) in [4.78, 5) is 0. The number of nitrogens with one attached hydrogen (secondary N) is 1. The Hall–Kier alpha value is -0.880. The number of halogens is 3. The van der Waals surface area contributed by atoms with Crippen molar-refractivity contribution in [2.24, 2.45) is 0 Å². The van der Waals surface area contributed by atoms with Crippen molar-refractivity contribution < 1.29 is 17.9 Å². The van der Waals surface area contributed by atoms with Crippen molar-refractivity contribution in [1.29, 1.82) is 0 Å². The molecule has 6 heteroatoms. The van der Waals surface area contributed by atoms with E-state index in [1.54, 1.807) is 23.9 Å². The van der Waals surface area contributed by atoms with Gasteiger partial charge in [0, 0.05) is 12.3 Å². The van der Waals surface area contributed by atoms with Crippen LogP contribution in [0.15, 0.2) is 24.3 Å². The zero-order chi connectivity index (χ0) is 11.6. The van der Waals surface area contributed by atoms with E-state index in [2.05, 4.69) is 10.1 Å². The molecule has 1 aromatic rings. The maximum atomic E-state index is 11.9. The van der Waals surface area contributed by atoms with Gasteiger partial charge in [0.15, 0.2) is 0 Å². The molecule has 0 amide bonds. The highest BCUT2D eigenvalue weighted by Gasteiger charge is 2.31. The molecule has 16 heavy (non-hydrogen) atoms. The predicted octanol–water partition coefficient (Wildman–Crippen LogP) is 2.92. The summed E-state index contributed by atoms with van der Waals surface area (Å²) >= 11 is 1.74. The maximum absolute atomic E-state index is 11.9. The summed E-state index contributed by atoms with van der Waals surface area (Å²) in [5.74, 6) is 0.838. The molecule has 2 rings (SSSR count). The molecule has 1 N–H and O–H groups in total. The van der Waals surface area contributed by atoms with Crippen LogP contribution in [0.4, 0.5) is 13.2 Å². The lowest BCUT2D eigenvalue weighted by Gasteiger charge is -2.12. The summed E-state index contributed by atoms with van der Waals surface area (Å²) < 4.78 is 39.5. The van der Waals surface area contributed by atoms with Gasteiger partial charge in [-0.15, -0.1) is 24.9 Å². The Morgan fingerprint density at radius 1 is 1.25 bits per heavy atom. The average Bonchev–Trinajstić information content (AvgIpc) is 2.69. The van der Waals surface area contributed by atoms with Crippen LogP contribution in [-0.4, -0.2) is 18.7 Å². The molecule has 1 aliphatic rings. The van der Waals surface area contributed by atoms with Gasteiger partial charge < -0.3 is 10.1 Å². The lowest BCUT2D eigenvalue weighted by atomic mass is 10.2. The molecule has 0 bridgehead atoms. The number of thioether (sulfide) groups is 1. The van der Waals surface area contributed by atoms with E-state index < -0.39 is 6.36 Å². The van der Waals surface area contributed by atoms with Gasteiger partial charge in [-0.05, 0) is 17.7 Å². The lowest BCUT2D eigenvalue weighted by molar-refractivity contribution is -0.274. The van der Waals surface area contributed by atoms with Crippen LogP contribution in [0.1, 0.15) is 10.9 Å². The van der Waals surface area contributed by atoms with E-state index in [4.69, 9.17) is 0 Å². The van der Waals surface area contributed by atoms with Crippen LogP contribution in [0.5, 0.6) is 5.75 Å². The van der Waals surface area contributed by atoms with E-state index in [0.717, 1.165) is 17.9 Å². The van der Waals surface area contributed by atoms with Gasteiger partial charge in [-0.1, -0.05) is 12.1 Å². The molecule has 1 atom stereocenters. The van der Waals surface area contributed by atoms with Gasteiger partial charge in [-0.3, -0.25) is 0 Å². The van der Waals surface area contributed by atoms with Gasteiger partial charge in [0.25, 0.3) is 0 Å². The largest absolute Gasteiger partial charge is 0.573 e. The highest BCUT2D eigenvalue weighted by molar-refractivity contribution is 7.99. The van der Waals surface area contributed by atoms with Crippen LogP contribution < -0.4 is 10.1 Å². The van der Waals surface area contributed by atoms with E-state index in [1.807, 2.05) is 0 Å². The van der Waals surface area contributed by atoms with Crippen molar-refractivity contribution in [2.45, 2.75) is 11.7 Å². The molecule has 1 aromatic carbocycles. The molecular formula is C10H10F3NOS. The SMILES string of the molecule is FC(F)(F)Oc1ccc(C2NCCS2)cc1. The van der Waals surface area contributed by atoms with Crippen molar-refractivity contribution in [3.05, 3.63) is 29.8 Å². The summed E-state index contributed by atoms with van der Waals surface area (Å²) in [6, 6.07) is 5.97. The first-order chi connectivity index (χ1) is 7.54. The van der Waals surface area contributed by atoms with E-state index in [1.165, 1.54) is 12.1 Å². The molecule has 0 spiro atoms. The Balaban J connectivity index is 2.04. The molecule has 0 aromatic heterocycles. The molecule has 1 heterocycles. The number of rotatable bonds is 2. The average molecular weight is 249 g/mol. The Morgan fingerprint density at radius 3 is 2.44 bits per heavy atom. The number of benzene rings is 1. The first-order valence-corrected chi connectivity index (χ1v) is 5.80. The first kappa shape index (κ1) is 11.6. The standard InChI is InChI=1S/C10H10F3NOS/c11-10(12,13)15-8-3-1-7(2-4-8)9-14-5-6-16-9/h1-4,9,14H,5-6H2. The van der Waals surface area contributed by atoms with Crippen molar-refractivity contribution in [3.8, 4) is 5.75 Å². The molecule has 1 unspecified atom stereocenters. The fourth-order valence-electron chi connectivity index (χ4n) is 1.48. The summed E-state index contributed by atoms with van der Waals surface area (Å²) in [6.45, 7) is 0.927. The molecule has 1 aliphatic heterocycles.